The fourth-order valence-corrected chi connectivity index (χ4v) is 1.91. The van der Waals surface area contributed by atoms with Crippen LogP contribution < -0.4 is 5.73 Å². The molecule has 0 aliphatic carbocycles. The molecule has 17 heavy (non-hydrogen) atoms. The van der Waals surface area contributed by atoms with Crippen LogP contribution in [0.1, 0.15) is 38.8 Å². The van der Waals surface area contributed by atoms with Gasteiger partial charge in [-0.3, -0.25) is 0 Å². The summed E-state index contributed by atoms with van der Waals surface area (Å²) in [5.74, 6) is 0. The molecule has 0 saturated carbocycles. The lowest BCUT2D eigenvalue weighted by atomic mass is 9.98. The maximum Gasteiger partial charge on any atom is 0.00509 e. The van der Waals surface area contributed by atoms with Crippen LogP contribution in [0.4, 0.5) is 0 Å². The average molecular weight is 229 g/mol. The molecule has 1 aromatic rings. The highest BCUT2D eigenvalue weighted by Crippen LogP contribution is 2.21. The van der Waals surface area contributed by atoms with Gasteiger partial charge in [-0.25, -0.2) is 0 Å². The molecule has 0 heterocycles. The quantitative estimate of drug-likeness (QED) is 0.777. The van der Waals surface area contributed by atoms with Crippen molar-refractivity contribution in [3.05, 3.63) is 53.1 Å². The molecule has 0 aliphatic rings. The predicted molar refractivity (Wildman–Crippen MR) is 76.9 cm³/mol. The van der Waals surface area contributed by atoms with E-state index in [1.807, 2.05) is 13.8 Å². The first-order valence-corrected chi connectivity index (χ1v) is 6.19. The monoisotopic (exact) mass is 229 g/mol. The molecule has 2 N–H and O–H groups in total. The zero-order valence-electron chi connectivity index (χ0n) is 11.3. The zero-order chi connectivity index (χ0) is 12.8. The van der Waals surface area contributed by atoms with Gasteiger partial charge in [-0.05, 0) is 50.8 Å². The Balaban J connectivity index is 2.97. The highest BCUT2D eigenvalue weighted by molar-refractivity contribution is 5.76. The van der Waals surface area contributed by atoms with Gasteiger partial charge in [0.15, 0.2) is 0 Å². The second kappa shape index (κ2) is 6.41. The van der Waals surface area contributed by atoms with E-state index in [1.165, 1.54) is 22.3 Å². The number of rotatable bonds is 4. The molecule has 0 spiro atoms. The van der Waals surface area contributed by atoms with Gasteiger partial charge in [0.1, 0.15) is 0 Å². The summed E-state index contributed by atoms with van der Waals surface area (Å²) in [4.78, 5) is 0. The molecule has 1 nitrogen and oxygen atoms in total. The van der Waals surface area contributed by atoms with Gasteiger partial charge in [-0.15, -0.1) is 0 Å². The summed E-state index contributed by atoms with van der Waals surface area (Å²) in [6.45, 7) is 8.37. The van der Waals surface area contributed by atoms with Crippen LogP contribution in [0.3, 0.4) is 0 Å². The molecule has 1 unspecified atom stereocenters. The van der Waals surface area contributed by atoms with Gasteiger partial charge in [-0.2, -0.15) is 0 Å². The highest BCUT2D eigenvalue weighted by Gasteiger charge is 2.02. The van der Waals surface area contributed by atoms with Gasteiger partial charge in [0, 0.05) is 6.04 Å². The number of hydrogen-bond donors (Lipinski definition) is 1. The van der Waals surface area contributed by atoms with Crippen molar-refractivity contribution >= 4 is 5.57 Å². The molecule has 1 atom stereocenters. The van der Waals surface area contributed by atoms with Crippen molar-refractivity contribution in [3.8, 4) is 0 Å². The third kappa shape index (κ3) is 4.20. The van der Waals surface area contributed by atoms with Crippen molar-refractivity contribution in [2.45, 2.75) is 40.2 Å². The first kappa shape index (κ1) is 13.7. The van der Waals surface area contributed by atoms with Crippen molar-refractivity contribution in [1.29, 1.82) is 0 Å². The van der Waals surface area contributed by atoms with Crippen molar-refractivity contribution in [3.63, 3.8) is 0 Å². The van der Waals surface area contributed by atoms with Crippen LogP contribution in [0.2, 0.25) is 0 Å². The topological polar surface area (TPSA) is 26.0 Å². The van der Waals surface area contributed by atoms with Crippen molar-refractivity contribution in [1.82, 2.24) is 0 Å². The SMILES string of the molecule is C/C=C\C(=C(C)C)c1ccc(CC(C)N)cc1. The third-order valence-corrected chi connectivity index (χ3v) is 2.69. The van der Waals surface area contributed by atoms with E-state index in [9.17, 15) is 0 Å². The Bertz CT molecular complexity index is 404. The lowest BCUT2D eigenvalue weighted by Gasteiger charge is -2.09. The van der Waals surface area contributed by atoms with Crippen molar-refractivity contribution in [2.75, 3.05) is 0 Å². The van der Waals surface area contributed by atoms with Gasteiger partial charge in [-0.1, -0.05) is 42.0 Å². The molecule has 1 heteroatoms. The minimum atomic E-state index is 0.222. The normalized spacial score (nSPS) is 12.8. The Kier molecular flexibility index (Phi) is 5.17. The van der Waals surface area contributed by atoms with E-state index >= 15 is 0 Å². The summed E-state index contributed by atoms with van der Waals surface area (Å²) in [5.41, 5.74) is 11.0. The molecule has 1 rings (SSSR count). The Morgan fingerprint density at radius 3 is 2.24 bits per heavy atom. The van der Waals surface area contributed by atoms with Crippen LogP contribution in [0, 0.1) is 0 Å². The Morgan fingerprint density at radius 2 is 1.82 bits per heavy atom. The van der Waals surface area contributed by atoms with Gasteiger partial charge in [0.2, 0.25) is 0 Å². The molecule has 0 saturated heterocycles. The smallest absolute Gasteiger partial charge is 0.00509 e. The van der Waals surface area contributed by atoms with E-state index in [2.05, 4.69) is 50.3 Å². The van der Waals surface area contributed by atoms with E-state index in [0.717, 1.165) is 6.42 Å². The van der Waals surface area contributed by atoms with Crippen molar-refractivity contribution in [2.24, 2.45) is 5.73 Å². The van der Waals surface area contributed by atoms with Crippen molar-refractivity contribution < 1.29 is 0 Å². The second-order valence-corrected chi connectivity index (χ2v) is 4.79. The predicted octanol–water partition coefficient (Wildman–Crippen LogP) is 3.95. The number of hydrogen-bond acceptors (Lipinski definition) is 1. The van der Waals surface area contributed by atoms with Crippen LogP contribution in [-0.2, 0) is 6.42 Å². The van der Waals surface area contributed by atoms with Gasteiger partial charge < -0.3 is 5.73 Å². The molecule has 0 fully saturated rings. The molecular weight excluding hydrogens is 206 g/mol. The average Bonchev–Trinajstić information content (AvgIpc) is 2.26. The molecule has 1 aromatic carbocycles. The van der Waals surface area contributed by atoms with Crippen LogP contribution in [0.25, 0.3) is 5.57 Å². The Labute approximate surface area is 105 Å². The highest BCUT2D eigenvalue weighted by atomic mass is 14.6. The van der Waals surface area contributed by atoms with Crippen LogP contribution >= 0.6 is 0 Å². The largest absolute Gasteiger partial charge is 0.328 e. The van der Waals surface area contributed by atoms with Crippen LogP contribution in [0.15, 0.2) is 42.0 Å². The summed E-state index contributed by atoms with van der Waals surface area (Å²) in [7, 11) is 0. The molecule has 92 valence electrons. The Hall–Kier alpha value is -1.34. The molecule has 0 aromatic heterocycles. The maximum absolute atomic E-state index is 5.80. The van der Waals surface area contributed by atoms with Gasteiger partial charge in [0.25, 0.3) is 0 Å². The zero-order valence-corrected chi connectivity index (χ0v) is 11.3. The lowest BCUT2D eigenvalue weighted by Crippen LogP contribution is -2.17. The van der Waals surface area contributed by atoms with E-state index in [1.54, 1.807) is 0 Å². The molecular formula is C16H23N. The summed E-state index contributed by atoms with van der Waals surface area (Å²) in [6.07, 6.45) is 5.18. The summed E-state index contributed by atoms with van der Waals surface area (Å²) < 4.78 is 0. The van der Waals surface area contributed by atoms with Gasteiger partial charge >= 0.3 is 0 Å². The van der Waals surface area contributed by atoms with Crippen LogP contribution in [0.5, 0.6) is 0 Å². The fourth-order valence-electron chi connectivity index (χ4n) is 1.91. The van der Waals surface area contributed by atoms with E-state index < -0.39 is 0 Å². The molecule has 0 amide bonds. The molecule has 0 radical (unpaired) electrons. The summed E-state index contributed by atoms with van der Waals surface area (Å²) in [6, 6.07) is 8.93. The summed E-state index contributed by atoms with van der Waals surface area (Å²) >= 11 is 0. The third-order valence-electron chi connectivity index (χ3n) is 2.69. The molecule has 0 bridgehead atoms. The molecule has 0 aliphatic heterocycles. The van der Waals surface area contributed by atoms with E-state index in [0.29, 0.717) is 0 Å². The minimum Gasteiger partial charge on any atom is -0.328 e. The minimum absolute atomic E-state index is 0.222. The number of benzene rings is 1. The summed E-state index contributed by atoms with van der Waals surface area (Å²) in [5, 5.41) is 0. The number of nitrogens with two attached hydrogens (primary N) is 1. The van der Waals surface area contributed by atoms with Crippen LogP contribution in [-0.4, -0.2) is 6.04 Å². The number of allylic oxidation sites excluding steroid dienone is 4. The van der Waals surface area contributed by atoms with E-state index in [-0.39, 0.29) is 6.04 Å². The standard InChI is InChI=1S/C16H23N/c1-5-6-16(12(2)3)15-9-7-14(8-10-15)11-13(4)17/h5-10,13H,11,17H2,1-4H3/b6-5-. The fraction of sp³-hybridized carbons (Fsp3) is 0.375. The first-order valence-electron chi connectivity index (χ1n) is 6.19. The second-order valence-electron chi connectivity index (χ2n) is 4.79. The maximum atomic E-state index is 5.80. The lowest BCUT2D eigenvalue weighted by molar-refractivity contribution is 0.738. The Morgan fingerprint density at radius 1 is 1.24 bits per heavy atom. The van der Waals surface area contributed by atoms with Gasteiger partial charge in [0.05, 0.1) is 0 Å². The first-order chi connectivity index (χ1) is 8.04. The van der Waals surface area contributed by atoms with E-state index in [4.69, 9.17) is 5.73 Å².